The predicted octanol–water partition coefficient (Wildman–Crippen LogP) is 3.04. The summed E-state index contributed by atoms with van der Waals surface area (Å²) in [7, 11) is 0. The van der Waals surface area contributed by atoms with E-state index in [4.69, 9.17) is 5.73 Å². The lowest BCUT2D eigenvalue weighted by atomic mass is 9.84. The molecule has 0 aromatic rings. The lowest BCUT2D eigenvalue weighted by molar-refractivity contribution is 0.300. The fourth-order valence-electron chi connectivity index (χ4n) is 2.94. The van der Waals surface area contributed by atoms with Crippen molar-refractivity contribution in [3.63, 3.8) is 0 Å². The van der Waals surface area contributed by atoms with Gasteiger partial charge in [0.25, 0.3) is 0 Å². The fourth-order valence-corrected chi connectivity index (χ4v) is 4.26. The molecule has 1 aliphatic carbocycles. The minimum Gasteiger partial charge on any atom is -0.327 e. The molecule has 1 aliphatic heterocycles. The van der Waals surface area contributed by atoms with Crippen LogP contribution in [0.3, 0.4) is 0 Å². The Bertz CT molecular complexity index is 158. The number of nitrogens with two attached hydrogens (primary N) is 1. The summed E-state index contributed by atoms with van der Waals surface area (Å²) in [5.41, 5.74) is 6.41. The molecule has 2 heteroatoms. The highest BCUT2D eigenvalue weighted by molar-refractivity contribution is 7.99. The van der Waals surface area contributed by atoms with E-state index in [1.54, 1.807) is 0 Å². The Morgan fingerprint density at radius 1 is 0.929 bits per heavy atom. The van der Waals surface area contributed by atoms with Crippen molar-refractivity contribution in [1.82, 2.24) is 0 Å². The average molecular weight is 213 g/mol. The Hall–Kier alpha value is 0.310. The van der Waals surface area contributed by atoms with E-state index < -0.39 is 0 Å². The van der Waals surface area contributed by atoms with Crippen LogP contribution in [0, 0.1) is 11.8 Å². The first-order chi connectivity index (χ1) is 6.88. The zero-order chi connectivity index (χ0) is 9.80. The summed E-state index contributed by atoms with van der Waals surface area (Å²) in [4.78, 5) is 0. The highest BCUT2D eigenvalue weighted by Gasteiger charge is 2.28. The third-order valence-corrected chi connectivity index (χ3v) is 5.14. The van der Waals surface area contributed by atoms with Crippen molar-refractivity contribution >= 4 is 11.8 Å². The van der Waals surface area contributed by atoms with E-state index in [2.05, 4.69) is 11.8 Å². The molecule has 2 aliphatic rings. The highest BCUT2D eigenvalue weighted by atomic mass is 32.2. The standard InChI is InChI=1S/C12H23NS/c13-12(11-7-8-14-9-11)10-5-3-1-2-4-6-10/h10-12H,1-9,13H2. The Kier molecular flexibility index (Phi) is 4.18. The Labute approximate surface area is 92.2 Å². The van der Waals surface area contributed by atoms with Crippen molar-refractivity contribution in [3.05, 3.63) is 0 Å². The number of hydrogen-bond acceptors (Lipinski definition) is 2. The zero-order valence-corrected chi connectivity index (χ0v) is 9.90. The Morgan fingerprint density at radius 3 is 2.21 bits per heavy atom. The first kappa shape index (κ1) is 10.8. The van der Waals surface area contributed by atoms with Gasteiger partial charge in [-0.15, -0.1) is 0 Å². The maximum Gasteiger partial charge on any atom is 0.0104 e. The van der Waals surface area contributed by atoms with Gasteiger partial charge in [0.1, 0.15) is 0 Å². The van der Waals surface area contributed by atoms with Crippen molar-refractivity contribution in [1.29, 1.82) is 0 Å². The van der Waals surface area contributed by atoms with Crippen LogP contribution < -0.4 is 5.73 Å². The summed E-state index contributed by atoms with van der Waals surface area (Å²) in [6.45, 7) is 0. The maximum absolute atomic E-state index is 6.41. The molecule has 0 amide bonds. The molecule has 2 rings (SSSR count). The molecular weight excluding hydrogens is 190 g/mol. The van der Waals surface area contributed by atoms with Gasteiger partial charge in [-0.05, 0) is 42.6 Å². The molecule has 0 bridgehead atoms. The van der Waals surface area contributed by atoms with Crippen LogP contribution in [0.15, 0.2) is 0 Å². The van der Waals surface area contributed by atoms with Crippen LogP contribution in [-0.2, 0) is 0 Å². The van der Waals surface area contributed by atoms with Crippen molar-refractivity contribution in [2.75, 3.05) is 11.5 Å². The van der Waals surface area contributed by atoms with Crippen LogP contribution in [0.2, 0.25) is 0 Å². The van der Waals surface area contributed by atoms with Gasteiger partial charge in [-0.3, -0.25) is 0 Å². The minimum absolute atomic E-state index is 0.517. The number of hydrogen-bond donors (Lipinski definition) is 1. The van der Waals surface area contributed by atoms with Crippen LogP contribution in [0.4, 0.5) is 0 Å². The second-order valence-corrected chi connectivity index (χ2v) is 6.10. The Balaban J connectivity index is 1.84. The second-order valence-electron chi connectivity index (χ2n) is 4.95. The van der Waals surface area contributed by atoms with Crippen LogP contribution in [0.1, 0.15) is 44.9 Å². The summed E-state index contributed by atoms with van der Waals surface area (Å²) in [6.07, 6.45) is 9.94. The molecule has 2 atom stereocenters. The number of rotatable bonds is 2. The molecule has 2 fully saturated rings. The maximum atomic E-state index is 6.41. The lowest BCUT2D eigenvalue weighted by Crippen LogP contribution is -2.37. The van der Waals surface area contributed by atoms with E-state index in [0.29, 0.717) is 6.04 Å². The third kappa shape index (κ3) is 2.66. The van der Waals surface area contributed by atoms with Gasteiger partial charge >= 0.3 is 0 Å². The molecular formula is C12H23NS. The van der Waals surface area contributed by atoms with Crippen molar-refractivity contribution in [3.8, 4) is 0 Å². The predicted molar refractivity (Wildman–Crippen MR) is 64.6 cm³/mol. The van der Waals surface area contributed by atoms with Gasteiger partial charge in [0.05, 0.1) is 0 Å². The fraction of sp³-hybridized carbons (Fsp3) is 1.00. The molecule has 0 spiro atoms. The van der Waals surface area contributed by atoms with Gasteiger partial charge < -0.3 is 5.73 Å². The van der Waals surface area contributed by atoms with Crippen LogP contribution in [-0.4, -0.2) is 17.5 Å². The summed E-state index contributed by atoms with van der Waals surface area (Å²) < 4.78 is 0. The van der Waals surface area contributed by atoms with E-state index in [1.807, 2.05) is 0 Å². The van der Waals surface area contributed by atoms with Crippen LogP contribution >= 0.6 is 11.8 Å². The van der Waals surface area contributed by atoms with Crippen LogP contribution in [0.5, 0.6) is 0 Å². The van der Waals surface area contributed by atoms with E-state index in [-0.39, 0.29) is 0 Å². The van der Waals surface area contributed by atoms with Gasteiger partial charge in [-0.2, -0.15) is 11.8 Å². The van der Waals surface area contributed by atoms with E-state index >= 15 is 0 Å². The average Bonchev–Trinajstić information content (AvgIpc) is 2.59. The molecule has 14 heavy (non-hydrogen) atoms. The van der Waals surface area contributed by atoms with E-state index in [9.17, 15) is 0 Å². The molecule has 1 saturated heterocycles. The lowest BCUT2D eigenvalue weighted by Gasteiger charge is -2.27. The van der Waals surface area contributed by atoms with Crippen molar-refractivity contribution in [2.24, 2.45) is 17.6 Å². The molecule has 0 aromatic carbocycles. The SMILES string of the molecule is NC(C1CCCCCC1)C1CCSC1. The molecule has 82 valence electrons. The highest BCUT2D eigenvalue weighted by Crippen LogP contribution is 2.33. The van der Waals surface area contributed by atoms with Gasteiger partial charge in [0, 0.05) is 6.04 Å². The molecule has 1 heterocycles. The molecule has 1 saturated carbocycles. The summed E-state index contributed by atoms with van der Waals surface area (Å²) in [5, 5.41) is 0. The van der Waals surface area contributed by atoms with E-state index in [0.717, 1.165) is 11.8 Å². The van der Waals surface area contributed by atoms with Gasteiger partial charge in [0.15, 0.2) is 0 Å². The van der Waals surface area contributed by atoms with Gasteiger partial charge in [0.2, 0.25) is 0 Å². The topological polar surface area (TPSA) is 26.0 Å². The first-order valence-corrected chi connectivity index (χ1v) is 7.37. The molecule has 0 aromatic heterocycles. The van der Waals surface area contributed by atoms with Crippen molar-refractivity contribution in [2.45, 2.75) is 51.0 Å². The zero-order valence-electron chi connectivity index (χ0n) is 9.08. The molecule has 2 N–H and O–H groups in total. The molecule has 1 nitrogen and oxygen atoms in total. The number of thioether (sulfide) groups is 1. The monoisotopic (exact) mass is 213 g/mol. The third-order valence-electron chi connectivity index (χ3n) is 3.95. The first-order valence-electron chi connectivity index (χ1n) is 6.21. The summed E-state index contributed by atoms with van der Waals surface area (Å²) in [5.74, 6) is 4.37. The minimum atomic E-state index is 0.517. The normalized spacial score (nSPS) is 32.8. The Morgan fingerprint density at radius 2 is 1.64 bits per heavy atom. The largest absolute Gasteiger partial charge is 0.327 e. The molecule has 2 unspecified atom stereocenters. The summed E-state index contributed by atoms with van der Waals surface area (Å²) in [6, 6.07) is 0.517. The smallest absolute Gasteiger partial charge is 0.0104 e. The van der Waals surface area contributed by atoms with E-state index in [1.165, 1.54) is 56.5 Å². The summed E-state index contributed by atoms with van der Waals surface area (Å²) >= 11 is 2.10. The second kappa shape index (κ2) is 5.41. The van der Waals surface area contributed by atoms with Gasteiger partial charge in [-0.25, -0.2) is 0 Å². The van der Waals surface area contributed by atoms with Crippen molar-refractivity contribution < 1.29 is 0 Å². The molecule has 0 radical (unpaired) electrons. The quantitative estimate of drug-likeness (QED) is 0.714. The van der Waals surface area contributed by atoms with Gasteiger partial charge in [-0.1, -0.05) is 25.7 Å². The van der Waals surface area contributed by atoms with Crippen LogP contribution in [0.25, 0.3) is 0 Å².